The van der Waals surface area contributed by atoms with Gasteiger partial charge in [-0.2, -0.15) is 0 Å². The number of halogens is 1. The Kier molecular flexibility index (Phi) is 3.84. The Balaban J connectivity index is 1.80. The van der Waals surface area contributed by atoms with Crippen molar-refractivity contribution in [1.82, 2.24) is 19.7 Å². The number of nitrogens with one attached hydrogen (secondary N) is 1. The van der Waals surface area contributed by atoms with Crippen molar-refractivity contribution in [2.45, 2.75) is 6.92 Å². The lowest BCUT2D eigenvalue weighted by atomic mass is 10.2. The number of pyridine rings is 2. The first kappa shape index (κ1) is 14.2. The molecule has 3 rings (SSSR count). The summed E-state index contributed by atoms with van der Waals surface area (Å²) in [6.45, 7) is 1.83. The fraction of sp³-hybridized carbons (Fsp3) is 0.0667. The molecule has 3 heterocycles. The van der Waals surface area contributed by atoms with Crippen LogP contribution in [-0.2, 0) is 0 Å². The smallest absolute Gasteiger partial charge is 0.256 e. The van der Waals surface area contributed by atoms with Crippen LogP contribution in [0.25, 0.3) is 5.82 Å². The second-order valence-electron chi connectivity index (χ2n) is 4.59. The molecule has 1 amide bonds. The number of anilines is 1. The maximum atomic E-state index is 12.1. The van der Waals surface area contributed by atoms with Crippen LogP contribution in [0.2, 0.25) is 5.02 Å². The summed E-state index contributed by atoms with van der Waals surface area (Å²) in [5.74, 6) is 0.675. The summed E-state index contributed by atoms with van der Waals surface area (Å²) in [7, 11) is 0. The summed E-state index contributed by atoms with van der Waals surface area (Å²) < 4.78 is 1.51. The molecule has 0 bridgehead atoms. The first-order valence-electron chi connectivity index (χ1n) is 6.54. The first-order valence-corrected chi connectivity index (χ1v) is 6.92. The van der Waals surface area contributed by atoms with E-state index in [0.717, 1.165) is 5.69 Å². The normalized spacial score (nSPS) is 10.5. The molecular formula is C15H12ClN5O. The van der Waals surface area contributed by atoms with Crippen LogP contribution in [0.3, 0.4) is 0 Å². The lowest BCUT2D eigenvalue weighted by Crippen LogP contribution is -2.13. The zero-order valence-electron chi connectivity index (χ0n) is 11.7. The van der Waals surface area contributed by atoms with Crippen molar-refractivity contribution in [1.29, 1.82) is 0 Å². The average molecular weight is 314 g/mol. The van der Waals surface area contributed by atoms with Gasteiger partial charge >= 0.3 is 0 Å². The van der Waals surface area contributed by atoms with Crippen LogP contribution < -0.4 is 5.32 Å². The number of rotatable bonds is 3. The van der Waals surface area contributed by atoms with Crippen LogP contribution in [-0.4, -0.2) is 25.7 Å². The van der Waals surface area contributed by atoms with Crippen molar-refractivity contribution < 1.29 is 4.79 Å². The Bertz CT molecular complexity index is 830. The van der Waals surface area contributed by atoms with Gasteiger partial charge in [0, 0.05) is 35.9 Å². The minimum atomic E-state index is -0.247. The second kappa shape index (κ2) is 5.95. The molecule has 3 aromatic heterocycles. The van der Waals surface area contributed by atoms with Gasteiger partial charge in [0.1, 0.15) is 0 Å². The van der Waals surface area contributed by atoms with E-state index in [0.29, 0.717) is 22.2 Å². The third kappa shape index (κ3) is 2.96. The second-order valence-corrected chi connectivity index (χ2v) is 5.00. The van der Waals surface area contributed by atoms with Crippen molar-refractivity contribution in [3.05, 3.63) is 65.2 Å². The van der Waals surface area contributed by atoms with E-state index in [1.54, 1.807) is 48.9 Å². The minimum absolute atomic E-state index is 0.247. The third-order valence-electron chi connectivity index (χ3n) is 2.95. The largest absolute Gasteiger partial charge is 0.305 e. The van der Waals surface area contributed by atoms with E-state index in [4.69, 9.17) is 11.6 Å². The zero-order valence-corrected chi connectivity index (χ0v) is 12.4. The molecule has 0 aliphatic rings. The topological polar surface area (TPSA) is 72.7 Å². The quantitative estimate of drug-likeness (QED) is 0.807. The number of nitrogens with zero attached hydrogens (tertiary/aromatic N) is 4. The molecule has 0 aromatic carbocycles. The van der Waals surface area contributed by atoms with E-state index in [2.05, 4.69) is 20.4 Å². The van der Waals surface area contributed by atoms with Gasteiger partial charge in [-0.25, -0.2) is 9.67 Å². The predicted molar refractivity (Wildman–Crippen MR) is 83.3 cm³/mol. The van der Waals surface area contributed by atoms with Gasteiger partial charge < -0.3 is 5.32 Å². The minimum Gasteiger partial charge on any atom is -0.305 e. The summed E-state index contributed by atoms with van der Waals surface area (Å²) in [6, 6.07) is 8.50. The fourth-order valence-corrected chi connectivity index (χ4v) is 2.14. The zero-order chi connectivity index (χ0) is 15.5. The van der Waals surface area contributed by atoms with E-state index in [-0.39, 0.29) is 5.91 Å². The van der Waals surface area contributed by atoms with Crippen LogP contribution >= 0.6 is 11.6 Å². The molecule has 0 radical (unpaired) electrons. The van der Waals surface area contributed by atoms with E-state index in [1.807, 2.05) is 6.92 Å². The molecule has 7 heteroatoms. The lowest BCUT2D eigenvalue weighted by Gasteiger charge is -2.03. The highest BCUT2D eigenvalue weighted by molar-refractivity contribution is 6.32. The number of aryl methyl sites for hydroxylation is 1. The SMILES string of the molecule is Cc1cc(C(=O)Nc2ccn(-c3ncccc3Cl)n2)ccn1. The van der Waals surface area contributed by atoms with Gasteiger partial charge in [-0.1, -0.05) is 11.6 Å². The summed E-state index contributed by atoms with van der Waals surface area (Å²) in [5, 5.41) is 7.46. The van der Waals surface area contributed by atoms with E-state index >= 15 is 0 Å². The number of carbonyl (C=O) groups excluding carboxylic acids is 1. The van der Waals surface area contributed by atoms with Gasteiger partial charge in [-0.05, 0) is 31.2 Å². The van der Waals surface area contributed by atoms with Gasteiger partial charge in [0.05, 0.1) is 5.02 Å². The van der Waals surface area contributed by atoms with E-state index < -0.39 is 0 Å². The van der Waals surface area contributed by atoms with E-state index in [9.17, 15) is 4.79 Å². The standard InChI is InChI=1S/C15H12ClN5O/c1-10-9-11(4-7-17-10)15(22)19-13-5-8-21(20-13)14-12(16)3-2-6-18-14/h2-9H,1H3,(H,19,20,22). The molecule has 0 aliphatic heterocycles. The highest BCUT2D eigenvalue weighted by atomic mass is 35.5. The molecule has 0 aliphatic carbocycles. The Labute approximate surface area is 131 Å². The summed E-state index contributed by atoms with van der Waals surface area (Å²) in [6.07, 6.45) is 4.90. The molecule has 0 saturated heterocycles. The number of carbonyl (C=O) groups is 1. The van der Waals surface area contributed by atoms with Crippen molar-refractivity contribution in [2.75, 3.05) is 5.32 Å². The molecule has 6 nitrogen and oxygen atoms in total. The average Bonchev–Trinajstić information content (AvgIpc) is 2.96. The Morgan fingerprint density at radius 2 is 2.09 bits per heavy atom. The van der Waals surface area contributed by atoms with Crippen LogP contribution in [0.1, 0.15) is 16.1 Å². The number of hydrogen-bond acceptors (Lipinski definition) is 4. The molecule has 22 heavy (non-hydrogen) atoms. The summed E-state index contributed by atoms with van der Waals surface area (Å²) >= 11 is 6.07. The van der Waals surface area contributed by atoms with Crippen molar-refractivity contribution >= 4 is 23.3 Å². The molecule has 1 N–H and O–H groups in total. The highest BCUT2D eigenvalue weighted by Crippen LogP contribution is 2.17. The van der Waals surface area contributed by atoms with Gasteiger partial charge in [-0.15, -0.1) is 5.10 Å². The maximum Gasteiger partial charge on any atom is 0.256 e. The molecule has 0 unspecified atom stereocenters. The molecule has 0 saturated carbocycles. The van der Waals surface area contributed by atoms with Gasteiger partial charge in [-0.3, -0.25) is 9.78 Å². The van der Waals surface area contributed by atoms with Crippen LogP contribution in [0.4, 0.5) is 5.82 Å². The molecule has 0 atom stereocenters. The van der Waals surface area contributed by atoms with Crippen molar-refractivity contribution in [3.63, 3.8) is 0 Å². The van der Waals surface area contributed by atoms with Gasteiger partial charge in [0.25, 0.3) is 5.91 Å². The fourth-order valence-electron chi connectivity index (χ4n) is 1.93. The maximum absolute atomic E-state index is 12.1. The monoisotopic (exact) mass is 313 g/mol. The van der Waals surface area contributed by atoms with Crippen molar-refractivity contribution in [3.8, 4) is 5.82 Å². The van der Waals surface area contributed by atoms with Crippen LogP contribution in [0.15, 0.2) is 48.9 Å². The lowest BCUT2D eigenvalue weighted by molar-refractivity contribution is 0.102. The van der Waals surface area contributed by atoms with Crippen LogP contribution in [0, 0.1) is 6.92 Å². The highest BCUT2D eigenvalue weighted by Gasteiger charge is 2.10. The Hall–Kier alpha value is -2.73. The molecule has 110 valence electrons. The molecule has 0 spiro atoms. The molecule has 3 aromatic rings. The first-order chi connectivity index (χ1) is 10.6. The molecule has 0 fully saturated rings. The number of amides is 1. The van der Waals surface area contributed by atoms with E-state index in [1.165, 1.54) is 4.68 Å². The Morgan fingerprint density at radius 1 is 1.23 bits per heavy atom. The summed E-state index contributed by atoms with van der Waals surface area (Å²) in [4.78, 5) is 20.4. The van der Waals surface area contributed by atoms with Crippen molar-refractivity contribution in [2.24, 2.45) is 0 Å². The van der Waals surface area contributed by atoms with Gasteiger partial charge in [0.2, 0.25) is 0 Å². The van der Waals surface area contributed by atoms with Crippen LogP contribution in [0.5, 0.6) is 0 Å². The Morgan fingerprint density at radius 3 is 2.86 bits per heavy atom. The summed E-state index contributed by atoms with van der Waals surface area (Å²) in [5.41, 5.74) is 1.30. The predicted octanol–water partition coefficient (Wildman–Crippen LogP) is 2.88. The van der Waals surface area contributed by atoms with Gasteiger partial charge in [0.15, 0.2) is 11.6 Å². The third-order valence-corrected chi connectivity index (χ3v) is 3.24. The number of aromatic nitrogens is 4. The molecular weight excluding hydrogens is 302 g/mol. The number of hydrogen-bond donors (Lipinski definition) is 1.